The molecule has 0 spiro atoms. The van der Waals surface area contributed by atoms with Gasteiger partial charge >= 0.3 is 0 Å². The molecule has 128 valence electrons. The number of amides is 1. The molecule has 0 radical (unpaired) electrons. The summed E-state index contributed by atoms with van der Waals surface area (Å²) in [4.78, 5) is 18.3. The fraction of sp³-hybridized carbons (Fsp3) is 0.333. The predicted octanol–water partition coefficient (Wildman–Crippen LogP) is 1.52. The van der Waals surface area contributed by atoms with Crippen molar-refractivity contribution in [3.8, 4) is 0 Å². The van der Waals surface area contributed by atoms with Gasteiger partial charge in [0.25, 0.3) is 5.91 Å². The summed E-state index contributed by atoms with van der Waals surface area (Å²) in [6, 6.07) is 9.80. The summed E-state index contributed by atoms with van der Waals surface area (Å²) in [7, 11) is 0. The molecule has 1 saturated heterocycles. The maximum Gasteiger partial charge on any atom is 0.253 e. The summed E-state index contributed by atoms with van der Waals surface area (Å²) >= 11 is 0. The van der Waals surface area contributed by atoms with Crippen LogP contribution in [0.4, 0.5) is 0 Å². The van der Waals surface area contributed by atoms with Gasteiger partial charge in [-0.05, 0) is 37.1 Å². The second-order valence-electron chi connectivity index (χ2n) is 6.23. The van der Waals surface area contributed by atoms with E-state index in [1.807, 2.05) is 33.7 Å². The van der Waals surface area contributed by atoms with Gasteiger partial charge in [0.05, 0.1) is 6.54 Å². The third-order valence-corrected chi connectivity index (χ3v) is 4.64. The Bertz CT molecular complexity index is 854. The average molecular weight is 336 g/mol. The van der Waals surface area contributed by atoms with Crippen molar-refractivity contribution in [1.29, 1.82) is 0 Å². The van der Waals surface area contributed by atoms with Gasteiger partial charge in [0.15, 0.2) is 11.5 Å². The lowest BCUT2D eigenvalue weighted by atomic mass is 10.0. The minimum atomic E-state index is 0.0873. The molecule has 7 nitrogen and oxygen atoms in total. The molecular formula is C18H20N6O. The summed E-state index contributed by atoms with van der Waals surface area (Å²) < 4.78 is 2.00. The fourth-order valence-electron chi connectivity index (χ4n) is 3.21. The van der Waals surface area contributed by atoms with Crippen molar-refractivity contribution in [2.75, 3.05) is 13.1 Å². The normalized spacial score (nSPS) is 15.6. The molecule has 25 heavy (non-hydrogen) atoms. The lowest BCUT2D eigenvalue weighted by molar-refractivity contribution is 0.0704. The molecule has 1 fully saturated rings. The Morgan fingerprint density at radius 2 is 1.92 bits per heavy atom. The van der Waals surface area contributed by atoms with E-state index < -0.39 is 0 Å². The van der Waals surface area contributed by atoms with Gasteiger partial charge in [0.2, 0.25) is 0 Å². The van der Waals surface area contributed by atoms with E-state index in [-0.39, 0.29) is 5.91 Å². The number of likely N-dealkylation sites (tertiary alicyclic amines) is 1. The molecule has 0 atom stereocenters. The molecular weight excluding hydrogens is 316 g/mol. The van der Waals surface area contributed by atoms with Crippen LogP contribution >= 0.6 is 0 Å². The van der Waals surface area contributed by atoms with Crippen LogP contribution in [-0.4, -0.2) is 49.5 Å². The van der Waals surface area contributed by atoms with Gasteiger partial charge in [-0.2, -0.15) is 0 Å². The van der Waals surface area contributed by atoms with E-state index in [0.717, 1.165) is 37.4 Å². The van der Waals surface area contributed by atoms with Crippen molar-refractivity contribution in [2.45, 2.75) is 25.4 Å². The summed E-state index contributed by atoms with van der Waals surface area (Å²) in [5.74, 6) is 0.996. The Morgan fingerprint density at radius 3 is 2.72 bits per heavy atom. The number of carbonyl (C=O) groups excluding carboxylic acids is 1. The van der Waals surface area contributed by atoms with Crippen LogP contribution in [-0.2, 0) is 6.54 Å². The molecule has 0 bridgehead atoms. The first-order chi connectivity index (χ1) is 12.3. The number of nitrogens with one attached hydrogen (secondary N) is 1. The Morgan fingerprint density at radius 1 is 1.12 bits per heavy atom. The second kappa shape index (κ2) is 6.98. The molecule has 0 aliphatic carbocycles. The highest BCUT2D eigenvalue weighted by Crippen LogP contribution is 2.14. The quantitative estimate of drug-likeness (QED) is 0.782. The van der Waals surface area contributed by atoms with E-state index in [9.17, 15) is 4.79 Å². The van der Waals surface area contributed by atoms with Crippen molar-refractivity contribution < 1.29 is 4.79 Å². The second-order valence-corrected chi connectivity index (χ2v) is 6.23. The number of rotatable bonds is 4. The Balaban J connectivity index is 1.31. The first-order valence-electron chi connectivity index (χ1n) is 8.52. The SMILES string of the molecule is O=C(c1ccncc1)N1CCC(NCc2nnc3ccccn23)CC1. The van der Waals surface area contributed by atoms with Crippen LogP contribution in [0.5, 0.6) is 0 Å². The summed E-state index contributed by atoms with van der Waals surface area (Å²) in [6.45, 7) is 2.20. The maximum atomic E-state index is 12.5. The zero-order valence-corrected chi connectivity index (χ0v) is 13.9. The van der Waals surface area contributed by atoms with Gasteiger partial charge in [0.1, 0.15) is 0 Å². The monoisotopic (exact) mass is 336 g/mol. The zero-order valence-electron chi connectivity index (χ0n) is 13.9. The Kier molecular flexibility index (Phi) is 4.39. The van der Waals surface area contributed by atoms with Crippen LogP contribution in [0, 0.1) is 0 Å². The number of fused-ring (bicyclic) bond motifs is 1. The van der Waals surface area contributed by atoms with E-state index in [0.29, 0.717) is 18.2 Å². The topological polar surface area (TPSA) is 75.4 Å². The minimum Gasteiger partial charge on any atom is -0.339 e. The highest BCUT2D eigenvalue weighted by molar-refractivity contribution is 5.94. The first-order valence-corrected chi connectivity index (χ1v) is 8.52. The Labute approximate surface area is 145 Å². The molecule has 0 aromatic carbocycles. The smallest absolute Gasteiger partial charge is 0.253 e. The number of aromatic nitrogens is 4. The van der Waals surface area contributed by atoms with Gasteiger partial charge in [0, 0.05) is 43.3 Å². The van der Waals surface area contributed by atoms with Crippen molar-refractivity contribution in [1.82, 2.24) is 29.8 Å². The molecule has 7 heteroatoms. The molecule has 1 amide bonds. The molecule has 3 aromatic rings. The predicted molar refractivity (Wildman–Crippen MR) is 93.0 cm³/mol. The number of pyridine rings is 2. The first kappa shape index (κ1) is 15.7. The highest BCUT2D eigenvalue weighted by Gasteiger charge is 2.23. The molecule has 0 saturated carbocycles. The van der Waals surface area contributed by atoms with Crippen LogP contribution < -0.4 is 5.32 Å². The molecule has 1 N–H and O–H groups in total. The molecule has 0 unspecified atom stereocenters. The van der Waals surface area contributed by atoms with E-state index in [1.54, 1.807) is 24.5 Å². The van der Waals surface area contributed by atoms with Gasteiger partial charge < -0.3 is 10.2 Å². The van der Waals surface area contributed by atoms with E-state index in [1.165, 1.54) is 0 Å². The molecule has 4 heterocycles. The van der Waals surface area contributed by atoms with Crippen molar-refractivity contribution in [2.24, 2.45) is 0 Å². The molecule has 1 aliphatic heterocycles. The summed E-state index contributed by atoms with van der Waals surface area (Å²) in [5.41, 5.74) is 1.56. The lowest BCUT2D eigenvalue weighted by Crippen LogP contribution is -2.44. The number of hydrogen-bond donors (Lipinski definition) is 1. The highest BCUT2D eigenvalue weighted by atomic mass is 16.2. The van der Waals surface area contributed by atoms with Gasteiger partial charge in [-0.15, -0.1) is 10.2 Å². The van der Waals surface area contributed by atoms with Crippen molar-refractivity contribution in [3.63, 3.8) is 0 Å². The third-order valence-electron chi connectivity index (χ3n) is 4.64. The zero-order chi connectivity index (χ0) is 17.1. The van der Waals surface area contributed by atoms with Crippen LogP contribution in [0.15, 0.2) is 48.9 Å². The van der Waals surface area contributed by atoms with E-state index >= 15 is 0 Å². The van der Waals surface area contributed by atoms with Gasteiger partial charge in [-0.25, -0.2) is 0 Å². The number of hydrogen-bond acceptors (Lipinski definition) is 5. The van der Waals surface area contributed by atoms with Crippen molar-refractivity contribution >= 4 is 11.6 Å². The van der Waals surface area contributed by atoms with Crippen LogP contribution in [0.3, 0.4) is 0 Å². The number of carbonyl (C=O) groups is 1. The Hall–Kier alpha value is -2.80. The van der Waals surface area contributed by atoms with E-state index in [2.05, 4.69) is 20.5 Å². The average Bonchev–Trinajstić information content (AvgIpc) is 3.10. The van der Waals surface area contributed by atoms with Gasteiger partial charge in [-0.1, -0.05) is 6.07 Å². The number of piperidine rings is 1. The third kappa shape index (κ3) is 3.36. The standard InChI is InChI=1S/C18H20N6O/c25-18(14-4-8-19-9-5-14)23-11-6-15(7-12-23)20-13-17-22-21-16-3-1-2-10-24(16)17/h1-5,8-10,15,20H,6-7,11-13H2. The summed E-state index contributed by atoms with van der Waals surface area (Å²) in [6.07, 6.45) is 7.16. The molecule has 3 aromatic heterocycles. The number of nitrogens with zero attached hydrogens (tertiary/aromatic N) is 5. The van der Waals surface area contributed by atoms with Crippen molar-refractivity contribution in [3.05, 3.63) is 60.3 Å². The maximum absolute atomic E-state index is 12.5. The molecule has 4 rings (SSSR count). The van der Waals surface area contributed by atoms with Gasteiger partial charge in [-0.3, -0.25) is 14.2 Å². The largest absolute Gasteiger partial charge is 0.339 e. The lowest BCUT2D eigenvalue weighted by Gasteiger charge is -2.32. The van der Waals surface area contributed by atoms with E-state index in [4.69, 9.17) is 0 Å². The van der Waals surface area contributed by atoms with Crippen LogP contribution in [0.1, 0.15) is 29.0 Å². The fourth-order valence-corrected chi connectivity index (χ4v) is 3.21. The summed E-state index contributed by atoms with van der Waals surface area (Å²) in [5, 5.41) is 12.0. The van der Waals surface area contributed by atoms with Crippen LogP contribution in [0.2, 0.25) is 0 Å². The molecule has 1 aliphatic rings. The minimum absolute atomic E-state index is 0.0873. The van der Waals surface area contributed by atoms with Crippen LogP contribution in [0.25, 0.3) is 5.65 Å².